The van der Waals surface area contributed by atoms with E-state index in [0.29, 0.717) is 18.0 Å². The highest BCUT2D eigenvalue weighted by Crippen LogP contribution is 2.20. The van der Waals surface area contributed by atoms with E-state index in [0.717, 1.165) is 18.9 Å². The fraction of sp³-hybridized carbons (Fsp3) is 0.647. The van der Waals surface area contributed by atoms with Gasteiger partial charge in [-0.3, -0.25) is 0 Å². The number of ether oxygens (including phenoxy) is 1. The minimum atomic E-state index is 0.394. The fourth-order valence-electron chi connectivity index (χ4n) is 2.64. The van der Waals surface area contributed by atoms with E-state index < -0.39 is 0 Å². The average molecular weight is 276 g/mol. The van der Waals surface area contributed by atoms with Gasteiger partial charge in [-0.05, 0) is 50.6 Å². The lowest BCUT2D eigenvalue weighted by atomic mass is 10.1. The first-order valence-corrected chi connectivity index (χ1v) is 7.72. The van der Waals surface area contributed by atoms with E-state index in [2.05, 4.69) is 62.3 Å². The third-order valence-electron chi connectivity index (χ3n) is 3.84. The lowest BCUT2D eigenvalue weighted by Gasteiger charge is -2.20. The maximum absolute atomic E-state index is 5.72. The van der Waals surface area contributed by atoms with Gasteiger partial charge >= 0.3 is 0 Å². The van der Waals surface area contributed by atoms with Gasteiger partial charge in [-0.25, -0.2) is 0 Å². The number of benzene rings is 1. The Bertz CT molecular complexity index is 402. The Hall–Kier alpha value is -1.06. The van der Waals surface area contributed by atoms with Crippen molar-refractivity contribution in [3.8, 4) is 5.75 Å². The lowest BCUT2D eigenvalue weighted by Crippen LogP contribution is -2.33. The van der Waals surface area contributed by atoms with Gasteiger partial charge in [0.25, 0.3) is 0 Å². The van der Waals surface area contributed by atoms with E-state index in [1.807, 2.05) is 0 Å². The predicted molar refractivity (Wildman–Crippen MR) is 84.2 cm³/mol. The molecule has 1 aromatic rings. The number of nitrogens with zero attached hydrogens (tertiary/aromatic N) is 1. The van der Waals surface area contributed by atoms with E-state index in [4.69, 9.17) is 4.74 Å². The van der Waals surface area contributed by atoms with Crippen LogP contribution in [0.25, 0.3) is 0 Å². The molecule has 2 rings (SSSR count). The average Bonchev–Trinajstić information content (AvgIpc) is 2.82. The summed E-state index contributed by atoms with van der Waals surface area (Å²) in [6.07, 6.45) is 1.25. The Balaban J connectivity index is 1.85. The second kappa shape index (κ2) is 7.09. The van der Waals surface area contributed by atoms with Crippen molar-refractivity contribution in [1.82, 2.24) is 10.2 Å². The zero-order valence-corrected chi connectivity index (χ0v) is 13.2. The first kappa shape index (κ1) is 15.3. The van der Waals surface area contributed by atoms with Crippen LogP contribution in [-0.4, -0.2) is 37.7 Å². The Kier molecular flexibility index (Phi) is 5.44. The van der Waals surface area contributed by atoms with Gasteiger partial charge in [0.15, 0.2) is 0 Å². The van der Waals surface area contributed by atoms with Gasteiger partial charge < -0.3 is 15.0 Å². The third kappa shape index (κ3) is 4.50. The van der Waals surface area contributed by atoms with Crippen LogP contribution < -0.4 is 10.1 Å². The summed E-state index contributed by atoms with van der Waals surface area (Å²) < 4.78 is 5.72. The molecule has 2 unspecified atom stereocenters. The predicted octanol–water partition coefficient (Wildman–Crippen LogP) is 3.08. The van der Waals surface area contributed by atoms with Crippen molar-refractivity contribution in [3.05, 3.63) is 29.8 Å². The van der Waals surface area contributed by atoms with E-state index in [-0.39, 0.29) is 0 Å². The molecule has 0 saturated carbocycles. The molecular weight excluding hydrogens is 248 g/mol. The molecule has 112 valence electrons. The van der Waals surface area contributed by atoms with Crippen molar-refractivity contribution in [1.29, 1.82) is 0 Å². The molecule has 0 aromatic heterocycles. The summed E-state index contributed by atoms with van der Waals surface area (Å²) in [5.41, 5.74) is 1.33. The second-order valence-electron chi connectivity index (χ2n) is 6.41. The Labute approximate surface area is 123 Å². The zero-order valence-electron chi connectivity index (χ0n) is 13.2. The first-order chi connectivity index (χ1) is 9.54. The van der Waals surface area contributed by atoms with Gasteiger partial charge in [0, 0.05) is 18.6 Å². The van der Waals surface area contributed by atoms with Crippen LogP contribution in [0, 0.1) is 5.92 Å². The molecule has 3 heteroatoms. The second-order valence-corrected chi connectivity index (χ2v) is 6.41. The van der Waals surface area contributed by atoms with Crippen molar-refractivity contribution in [2.75, 3.05) is 26.7 Å². The van der Waals surface area contributed by atoms with E-state index in [1.165, 1.54) is 18.5 Å². The number of hydrogen-bond acceptors (Lipinski definition) is 3. The van der Waals surface area contributed by atoms with Gasteiger partial charge in [0.05, 0.1) is 6.61 Å². The number of likely N-dealkylation sites (N-methyl/N-ethyl adjacent to an activating group) is 1. The first-order valence-electron chi connectivity index (χ1n) is 7.72. The maximum atomic E-state index is 5.72. The topological polar surface area (TPSA) is 24.5 Å². The van der Waals surface area contributed by atoms with Gasteiger partial charge in [0.2, 0.25) is 0 Å². The monoisotopic (exact) mass is 276 g/mol. The molecule has 0 amide bonds. The molecule has 20 heavy (non-hydrogen) atoms. The summed E-state index contributed by atoms with van der Waals surface area (Å²) in [5, 5.41) is 3.71. The SMILES string of the molecule is CC(C)COc1ccc(C(C)NC2CCN(C)C2)cc1. The van der Waals surface area contributed by atoms with Crippen LogP contribution in [-0.2, 0) is 0 Å². The Morgan fingerprint density at radius 1 is 1.25 bits per heavy atom. The molecule has 1 aromatic carbocycles. The van der Waals surface area contributed by atoms with Crippen molar-refractivity contribution in [2.45, 2.75) is 39.3 Å². The van der Waals surface area contributed by atoms with Crippen LogP contribution in [0.5, 0.6) is 5.75 Å². The molecule has 1 N–H and O–H groups in total. The quantitative estimate of drug-likeness (QED) is 0.864. The molecule has 3 nitrogen and oxygen atoms in total. The highest BCUT2D eigenvalue weighted by atomic mass is 16.5. The highest BCUT2D eigenvalue weighted by molar-refractivity contribution is 5.29. The number of likely N-dealkylation sites (tertiary alicyclic amines) is 1. The molecule has 0 radical (unpaired) electrons. The third-order valence-corrected chi connectivity index (χ3v) is 3.84. The minimum Gasteiger partial charge on any atom is -0.493 e. The molecule has 0 spiro atoms. The highest BCUT2D eigenvalue weighted by Gasteiger charge is 2.21. The van der Waals surface area contributed by atoms with Crippen LogP contribution in [0.3, 0.4) is 0 Å². The standard InChI is InChI=1S/C17H28N2O/c1-13(2)12-20-17-7-5-15(6-8-17)14(3)18-16-9-10-19(4)11-16/h5-8,13-14,16,18H,9-12H2,1-4H3. The Morgan fingerprint density at radius 2 is 1.95 bits per heavy atom. The van der Waals surface area contributed by atoms with Crippen LogP contribution in [0.1, 0.15) is 38.8 Å². The summed E-state index contributed by atoms with van der Waals surface area (Å²) in [7, 11) is 2.19. The zero-order chi connectivity index (χ0) is 14.5. The van der Waals surface area contributed by atoms with Gasteiger partial charge in [-0.2, -0.15) is 0 Å². The van der Waals surface area contributed by atoms with Crippen molar-refractivity contribution < 1.29 is 4.74 Å². The van der Waals surface area contributed by atoms with Crippen LogP contribution in [0.2, 0.25) is 0 Å². The van der Waals surface area contributed by atoms with E-state index >= 15 is 0 Å². The summed E-state index contributed by atoms with van der Waals surface area (Å²) in [5.74, 6) is 1.53. The molecular formula is C17H28N2O. The van der Waals surface area contributed by atoms with Crippen molar-refractivity contribution in [3.63, 3.8) is 0 Å². The molecule has 1 fully saturated rings. The summed E-state index contributed by atoms with van der Waals surface area (Å²) in [6.45, 7) is 9.70. The van der Waals surface area contributed by atoms with Gasteiger partial charge in [0.1, 0.15) is 5.75 Å². The molecule has 0 aliphatic carbocycles. The van der Waals surface area contributed by atoms with Crippen LogP contribution in [0.15, 0.2) is 24.3 Å². The molecule has 2 atom stereocenters. The molecule has 1 heterocycles. The Morgan fingerprint density at radius 3 is 2.50 bits per heavy atom. The van der Waals surface area contributed by atoms with E-state index in [1.54, 1.807) is 0 Å². The maximum Gasteiger partial charge on any atom is 0.119 e. The van der Waals surface area contributed by atoms with Crippen molar-refractivity contribution in [2.24, 2.45) is 5.92 Å². The summed E-state index contributed by atoms with van der Waals surface area (Å²) in [4.78, 5) is 2.38. The largest absolute Gasteiger partial charge is 0.493 e. The fourth-order valence-corrected chi connectivity index (χ4v) is 2.64. The summed E-state index contributed by atoms with van der Waals surface area (Å²) in [6, 6.07) is 9.52. The van der Waals surface area contributed by atoms with Crippen LogP contribution in [0.4, 0.5) is 0 Å². The molecule has 1 saturated heterocycles. The molecule has 1 aliphatic rings. The lowest BCUT2D eigenvalue weighted by molar-refractivity contribution is 0.271. The number of hydrogen-bond donors (Lipinski definition) is 1. The smallest absolute Gasteiger partial charge is 0.119 e. The molecule has 1 aliphatic heterocycles. The summed E-state index contributed by atoms with van der Waals surface area (Å²) >= 11 is 0. The van der Waals surface area contributed by atoms with Crippen LogP contribution >= 0.6 is 0 Å². The molecule has 0 bridgehead atoms. The number of rotatable bonds is 6. The van der Waals surface area contributed by atoms with E-state index in [9.17, 15) is 0 Å². The van der Waals surface area contributed by atoms with Gasteiger partial charge in [-0.1, -0.05) is 26.0 Å². The van der Waals surface area contributed by atoms with Gasteiger partial charge in [-0.15, -0.1) is 0 Å². The van der Waals surface area contributed by atoms with Crippen molar-refractivity contribution >= 4 is 0 Å². The minimum absolute atomic E-state index is 0.394. The normalized spacial score (nSPS) is 21.4. The number of nitrogens with one attached hydrogen (secondary N) is 1.